The monoisotopic (exact) mass is 336 g/mol. The fourth-order valence-corrected chi connectivity index (χ4v) is 0. The van der Waals surface area contributed by atoms with Gasteiger partial charge in [0.15, 0.2) is 0 Å². The average Bonchev–Trinajstić information content (AvgIpc) is 1.54. The molecule has 0 aliphatic heterocycles. The van der Waals surface area contributed by atoms with Gasteiger partial charge in [0.1, 0.15) is 0 Å². The molecule has 0 spiro atoms. The van der Waals surface area contributed by atoms with Crippen LogP contribution < -0.4 is 44.0 Å². The molecule has 0 fully saturated rings. The third-order valence-corrected chi connectivity index (χ3v) is 0. The zero-order valence-electron chi connectivity index (χ0n) is 7.71. The van der Waals surface area contributed by atoms with E-state index in [2.05, 4.69) is 0 Å². The van der Waals surface area contributed by atoms with Crippen molar-refractivity contribution < 1.29 is 44.0 Å². The molecule has 0 atom stereocenters. The molecule has 9 nitrogen and oxygen atoms in total. The van der Waals surface area contributed by atoms with Gasteiger partial charge in [0.05, 0.1) is 0 Å². The van der Waals surface area contributed by atoms with Crippen LogP contribution in [0.4, 0.5) is 0 Å². The molecule has 0 N–H and O–H groups in total. The van der Waals surface area contributed by atoms with Crippen molar-refractivity contribution in [3.63, 3.8) is 0 Å². The Balaban J connectivity index is -0.0000000135. The molecular formula is AlMg3O9P3. The van der Waals surface area contributed by atoms with Crippen LogP contribution in [0.15, 0.2) is 0 Å². The zero-order chi connectivity index (χ0) is 10.7. The van der Waals surface area contributed by atoms with Gasteiger partial charge in [0.25, 0.3) is 0 Å². The van der Waals surface area contributed by atoms with Gasteiger partial charge < -0.3 is 69.8 Å². The fourth-order valence-electron chi connectivity index (χ4n) is 0. The minimum Gasteiger partial charge on any atom is -0.854 e. The molecule has 0 unspecified atom stereocenters. The van der Waals surface area contributed by atoms with Crippen LogP contribution in [-0.4, -0.2) is 86.5 Å². The summed E-state index contributed by atoms with van der Waals surface area (Å²) < 4.78 is 0. The van der Waals surface area contributed by atoms with E-state index in [-0.39, 0.29) is 86.5 Å². The van der Waals surface area contributed by atoms with Crippen molar-refractivity contribution >= 4 is 112 Å². The van der Waals surface area contributed by atoms with Crippen molar-refractivity contribution in [2.24, 2.45) is 0 Å². The second-order valence-electron chi connectivity index (χ2n) is 0.671. The van der Waals surface area contributed by atoms with Gasteiger partial charge in [-0.1, -0.05) is 0 Å². The SMILES string of the molecule is [Al+3].[Mg+2].[Mg+2].[Mg+2].[O-]P([O-])[O-].[O-]P([O-])[O-].[O-]P([O-])[O-]. The predicted molar refractivity (Wildman–Crippen MR) is 43.8 cm³/mol. The molecule has 16 heteroatoms. The molecule has 0 heterocycles. The third-order valence-electron chi connectivity index (χ3n) is 0. The van der Waals surface area contributed by atoms with Crippen molar-refractivity contribution in [1.82, 2.24) is 0 Å². The van der Waals surface area contributed by atoms with Crippen LogP contribution in [-0.2, 0) is 0 Å². The maximum atomic E-state index is 8.48. The summed E-state index contributed by atoms with van der Waals surface area (Å²) in [6, 6.07) is 0. The van der Waals surface area contributed by atoms with Gasteiger partial charge in [-0.05, 0) is 0 Å². The Morgan fingerprint density at radius 2 is 0.375 bits per heavy atom. The molecule has 0 rings (SSSR count). The molecule has 0 aliphatic carbocycles. The molecule has 16 heavy (non-hydrogen) atoms. The first kappa shape index (κ1) is 42.7. The predicted octanol–water partition coefficient (Wildman–Crippen LogP) is -9.64. The summed E-state index contributed by atoms with van der Waals surface area (Å²) >= 11 is 0. The Kier molecular flexibility index (Phi) is 97.0. The Hall–Kier alpha value is 3.76. The van der Waals surface area contributed by atoms with E-state index in [4.69, 9.17) is 44.0 Å². The maximum absolute atomic E-state index is 8.48. The Morgan fingerprint density at radius 1 is 0.375 bits per heavy atom. The molecule has 0 aromatic heterocycles. The molecule has 0 amide bonds. The number of hydrogen-bond donors (Lipinski definition) is 0. The van der Waals surface area contributed by atoms with Gasteiger partial charge in [0, 0.05) is 0 Å². The first-order chi connectivity index (χ1) is 5.20. The summed E-state index contributed by atoms with van der Waals surface area (Å²) in [4.78, 5) is 76.3. The first-order valence-electron chi connectivity index (χ1n) is 1.64. The summed E-state index contributed by atoms with van der Waals surface area (Å²) in [5.74, 6) is 0. The van der Waals surface area contributed by atoms with Crippen LogP contribution in [0.5, 0.6) is 0 Å². The standard InChI is InChI=1S/Al.3Mg.3O3P/c;;;;3*1-4(2)3/q+3;3*+2;3*-3. The number of hydrogen-bond acceptors (Lipinski definition) is 9. The van der Waals surface area contributed by atoms with Gasteiger partial charge in [-0.25, -0.2) is 0 Å². The Bertz CT molecular complexity index is 54.5. The van der Waals surface area contributed by atoms with Gasteiger partial charge in [-0.2, -0.15) is 0 Å². The van der Waals surface area contributed by atoms with E-state index < -0.39 is 25.8 Å². The molecule has 0 aromatic carbocycles. The molecule has 0 bridgehead atoms. The average molecular weight is 337 g/mol. The fraction of sp³-hybridized carbons (Fsp3) is 0. The molecular weight excluding hydrogens is 337 g/mol. The smallest absolute Gasteiger partial charge is 0.854 e. The van der Waals surface area contributed by atoms with Gasteiger partial charge in [-0.3, -0.25) is 0 Å². The van der Waals surface area contributed by atoms with Crippen LogP contribution in [0.1, 0.15) is 0 Å². The van der Waals surface area contributed by atoms with E-state index in [1.807, 2.05) is 0 Å². The van der Waals surface area contributed by atoms with Crippen LogP contribution >= 0.6 is 25.8 Å². The summed E-state index contributed by atoms with van der Waals surface area (Å²) in [5, 5.41) is 0. The quantitative estimate of drug-likeness (QED) is 0.303. The minimum atomic E-state index is -3.37. The van der Waals surface area contributed by atoms with Crippen LogP contribution in [0.25, 0.3) is 0 Å². The van der Waals surface area contributed by atoms with E-state index in [1.54, 1.807) is 0 Å². The number of rotatable bonds is 0. The van der Waals surface area contributed by atoms with Crippen molar-refractivity contribution in [3.8, 4) is 0 Å². The van der Waals surface area contributed by atoms with Crippen molar-refractivity contribution in [1.29, 1.82) is 0 Å². The summed E-state index contributed by atoms with van der Waals surface area (Å²) in [6.07, 6.45) is 0. The van der Waals surface area contributed by atoms with Gasteiger partial charge >= 0.3 is 86.5 Å². The normalized spacial score (nSPS) is 6.75. The summed E-state index contributed by atoms with van der Waals surface area (Å²) in [7, 11) is -10.1. The molecule has 0 saturated heterocycles. The van der Waals surface area contributed by atoms with Gasteiger partial charge in [-0.15, -0.1) is 0 Å². The van der Waals surface area contributed by atoms with E-state index in [9.17, 15) is 0 Å². The molecule has 78 valence electrons. The Morgan fingerprint density at radius 3 is 0.375 bits per heavy atom. The van der Waals surface area contributed by atoms with E-state index in [0.29, 0.717) is 0 Å². The van der Waals surface area contributed by atoms with Crippen molar-refractivity contribution in [2.45, 2.75) is 0 Å². The second-order valence-corrected chi connectivity index (χ2v) is 2.01. The van der Waals surface area contributed by atoms with E-state index >= 15 is 0 Å². The topological polar surface area (TPSA) is 208 Å². The van der Waals surface area contributed by atoms with Crippen LogP contribution in [0.3, 0.4) is 0 Å². The van der Waals surface area contributed by atoms with Crippen molar-refractivity contribution in [2.75, 3.05) is 0 Å². The van der Waals surface area contributed by atoms with E-state index in [1.165, 1.54) is 0 Å². The first-order valence-corrected chi connectivity index (χ1v) is 4.93. The molecule has 0 aliphatic rings. The second kappa shape index (κ2) is 36.3. The van der Waals surface area contributed by atoms with Crippen molar-refractivity contribution in [3.05, 3.63) is 0 Å². The minimum absolute atomic E-state index is 0. The van der Waals surface area contributed by atoms with Crippen LogP contribution in [0, 0.1) is 0 Å². The maximum Gasteiger partial charge on any atom is 3.00 e. The largest absolute Gasteiger partial charge is 3.00 e. The van der Waals surface area contributed by atoms with E-state index in [0.717, 1.165) is 0 Å². The molecule has 0 radical (unpaired) electrons. The summed E-state index contributed by atoms with van der Waals surface area (Å²) in [5.41, 5.74) is 0. The Labute approximate surface area is 154 Å². The van der Waals surface area contributed by atoms with Crippen LogP contribution in [0.2, 0.25) is 0 Å². The third kappa shape index (κ3) is 353. The molecule has 0 aromatic rings. The zero-order valence-corrected chi connectivity index (χ0v) is 15.8. The summed E-state index contributed by atoms with van der Waals surface area (Å²) in [6.45, 7) is 0. The van der Waals surface area contributed by atoms with Gasteiger partial charge in [0.2, 0.25) is 0 Å². The molecule has 0 saturated carbocycles.